The first-order valence-corrected chi connectivity index (χ1v) is 14.2. The normalized spacial score (nSPS) is 40.7. The van der Waals surface area contributed by atoms with E-state index >= 15 is 0 Å². The Bertz CT molecular complexity index is 860. The molecule has 0 spiro atoms. The molecule has 1 aromatic carbocycles. The smallest absolute Gasteiger partial charge is 0.184 e. The molecule has 0 saturated heterocycles. The summed E-state index contributed by atoms with van der Waals surface area (Å²) in [5.41, 5.74) is 2.49. The van der Waals surface area contributed by atoms with Gasteiger partial charge in [0.25, 0.3) is 0 Å². The molecule has 0 heterocycles. The Morgan fingerprint density at radius 2 is 1.86 bits per heavy atom. The highest BCUT2D eigenvalue weighted by atomic mass is 79.9. The Morgan fingerprint density at radius 1 is 1.03 bits per heavy atom. The quantitative estimate of drug-likeness (QED) is 0.149. The molecule has 5 nitrogen and oxygen atoms in total. The monoisotopic (exact) mass is 548 g/mol. The number of benzene rings is 1. The van der Waals surface area contributed by atoms with Crippen LogP contribution in [0.15, 0.2) is 42.5 Å². The topological polar surface area (TPSA) is 46.2 Å². The van der Waals surface area contributed by atoms with E-state index in [1.165, 1.54) is 30.4 Å². The summed E-state index contributed by atoms with van der Waals surface area (Å²) in [4.78, 5) is 0.247. The Morgan fingerprint density at radius 3 is 2.57 bits per heavy atom. The highest BCUT2D eigenvalue weighted by molar-refractivity contribution is 9.09. The van der Waals surface area contributed by atoms with Crippen molar-refractivity contribution in [2.24, 2.45) is 23.2 Å². The molecule has 0 aromatic heterocycles. The SMILES string of the molecule is C=C1C[C@@]2(COCOC)CC[C@H](OCc3ccccc3)C[C@@H]2C[C@H]1O[C@@]1(OC)[C@H]2CC[C@H](C2)[C@@H]1Br. The van der Waals surface area contributed by atoms with Crippen molar-refractivity contribution in [3.63, 3.8) is 0 Å². The van der Waals surface area contributed by atoms with E-state index in [2.05, 4.69) is 46.8 Å². The van der Waals surface area contributed by atoms with Gasteiger partial charge in [0.05, 0.1) is 30.2 Å². The van der Waals surface area contributed by atoms with Gasteiger partial charge in [0.1, 0.15) is 6.79 Å². The average molecular weight is 550 g/mol. The third kappa shape index (κ3) is 5.04. The molecule has 4 aliphatic rings. The van der Waals surface area contributed by atoms with Crippen LogP contribution in [0.2, 0.25) is 0 Å². The molecule has 35 heavy (non-hydrogen) atoms. The van der Waals surface area contributed by atoms with E-state index < -0.39 is 5.79 Å². The van der Waals surface area contributed by atoms with Gasteiger partial charge in [-0.3, -0.25) is 0 Å². The first-order chi connectivity index (χ1) is 17.0. The van der Waals surface area contributed by atoms with Crippen molar-refractivity contribution in [1.29, 1.82) is 0 Å². The number of halogens is 1. The molecule has 2 bridgehead atoms. The summed E-state index contributed by atoms with van der Waals surface area (Å²) in [6.45, 7) is 6.23. The lowest BCUT2D eigenvalue weighted by atomic mass is 9.57. The fourth-order valence-corrected chi connectivity index (χ4v) is 8.61. The molecule has 1 aromatic rings. The summed E-state index contributed by atoms with van der Waals surface area (Å²) < 4.78 is 30.7. The molecule has 5 rings (SSSR count). The van der Waals surface area contributed by atoms with E-state index in [-0.39, 0.29) is 22.5 Å². The van der Waals surface area contributed by atoms with E-state index in [0.717, 1.165) is 32.1 Å². The maximum absolute atomic E-state index is 6.96. The van der Waals surface area contributed by atoms with E-state index in [1.807, 2.05) is 13.2 Å². The number of hydrogen-bond acceptors (Lipinski definition) is 5. The Balaban J connectivity index is 1.30. The molecule has 6 heteroatoms. The van der Waals surface area contributed by atoms with Gasteiger partial charge >= 0.3 is 0 Å². The van der Waals surface area contributed by atoms with Crippen molar-refractivity contribution in [3.8, 4) is 0 Å². The predicted molar refractivity (Wildman–Crippen MR) is 139 cm³/mol. The van der Waals surface area contributed by atoms with Crippen molar-refractivity contribution < 1.29 is 23.7 Å². The van der Waals surface area contributed by atoms with Gasteiger partial charge in [0, 0.05) is 25.6 Å². The number of ether oxygens (including phenoxy) is 5. The third-order valence-corrected chi connectivity index (χ3v) is 10.7. The van der Waals surface area contributed by atoms with Crippen LogP contribution in [0.3, 0.4) is 0 Å². The molecule has 4 aliphatic carbocycles. The van der Waals surface area contributed by atoms with Gasteiger partial charge in [-0.1, -0.05) is 52.8 Å². The molecular formula is C29H41BrO5. The number of fused-ring (bicyclic) bond motifs is 3. The predicted octanol–water partition coefficient (Wildman–Crippen LogP) is 6.25. The molecule has 0 aliphatic heterocycles. The van der Waals surface area contributed by atoms with Gasteiger partial charge in [-0.05, 0) is 74.3 Å². The van der Waals surface area contributed by atoms with Crippen LogP contribution < -0.4 is 0 Å². The molecule has 4 fully saturated rings. The summed E-state index contributed by atoms with van der Waals surface area (Å²) in [6.07, 6.45) is 8.93. The van der Waals surface area contributed by atoms with Gasteiger partial charge in [0.2, 0.25) is 0 Å². The van der Waals surface area contributed by atoms with E-state index in [4.69, 9.17) is 23.7 Å². The van der Waals surface area contributed by atoms with Gasteiger partial charge in [-0.25, -0.2) is 0 Å². The van der Waals surface area contributed by atoms with E-state index in [0.29, 0.717) is 37.8 Å². The first-order valence-electron chi connectivity index (χ1n) is 13.3. The molecule has 8 atom stereocenters. The lowest BCUT2D eigenvalue weighted by Gasteiger charge is -2.53. The summed E-state index contributed by atoms with van der Waals surface area (Å²) in [7, 11) is 3.50. The second-order valence-electron chi connectivity index (χ2n) is 11.3. The number of rotatable bonds is 10. The summed E-state index contributed by atoms with van der Waals surface area (Å²) in [5, 5.41) is 0. The molecule has 0 unspecified atom stereocenters. The average Bonchev–Trinajstić information content (AvgIpc) is 3.46. The van der Waals surface area contributed by atoms with Crippen LogP contribution in [0, 0.1) is 23.2 Å². The third-order valence-electron chi connectivity index (χ3n) is 9.32. The molecule has 4 saturated carbocycles. The van der Waals surface area contributed by atoms with Crippen molar-refractivity contribution >= 4 is 15.9 Å². The second kappa shape index (κ2) is 10.9. The van der Waals surface area contributed by atoms with Crippen LogP contribution in [0.1, 0.15) is 56.9 Å². The molecule has 194 valence electrons. The zero-order chi connectivity index (χ0) is 24.5. The van der Waals surface area contributed by atoms with Gasteiger partial charge in [-0.2, -0.15) is 0 Å². The van der Waals surface area contributed by atoms with Crippen LogP contribution in [0.5, 0.6) is 0 Å². The minimum atomic E-state index is -0.541. The molecule has 0 radical (unpaired) electrons. The molecular weight excluding hydrogens is 508 g/mol. The number of methoxy groups -OCH3 is 2. The second-order valence-corrected chi connectivity index (χ2v) is 12.3. The fourth-order valence-electron chi connectivity index (χ4n) is 7.46. The fraction of sp³-hybridized carbons (Fsp3) is 0.724. The standard InChI is InChI=1S/C29H41BrO5/c1-20-16-28(18-33-19-31-2)12-11-25(34-17-21-7-5-4-6-8-21)14-24(28)15-26(20)35-29(32-3)23-10-9-22(13-23)27(29)30/h4-8,22-27H,1,9-19H2,2-3H3/t22-,23+,24-,25+,26-,27+,28-,29+/m1/s1. The Labute approximate surface area is 219 Å². The summed E-state index contributed by atoms with van der Waals surface area (Å²) in [6, 6.07) is 10.5. The zero-order valence-corrected chi connectivity index (χ0v) is 22.8. The lowest BCUT2D eigenvalue weighted by molar-refractivity contribution is -0.269. The van der Waals surface area contributed by atoms with Crippen LogP contribution in [-0.4, -0.2) is 50.4 Å². The number of alkyl halides is 1. The maximum Gasteiger partial charge on any atom is 0.184 e. The van der Waals surface area contributed by atoms with Crippen LogP contribution in [0.25, 0.3) is 0 Å². The van der Waals surface area contributed by atoms with E-state index in [1.54, 1.807) is 7.11 Å². The maximum atomic E-state index is 6.96. The highest BCUT2D eigenvalue weighted by Gasteiger charge is 2.61. The zero-order valence-electron chi connectivity index (χ0n) is 21.3. The van der Waals surface area contributed by atoms with Gasteiger partial charge in [0.15, 0.2) is 5.79 Å². The van der Waals surface area contributed by atoms with Crippen molar-refractivity contribution in [3.05, 3.63) is 48.0 Å². The number of hydrogen-bond donors (Lipinski definition) is 0. The summed E-state index contributed by atoms with van der Waals surface area (Å²) >= 11 is 3.97. The lowest BCUT2D eigenvalue weighted by Crippen LogP contribution is -2.54. The largest absolute Gasteiger partial charge is 0.374 e. The molecule has 0 amide bonds. The van der Waals surface area contributed by atoms with Crippen molar-refractivity contribution in [1.82, 2.24) is 0 Å². The minimum absolute atomic E-state index is 0.00257. The van der Waals surface area contributed by atoms with Crippen molar-refractivity contribution in [2.45, 2.75) is 80.8 Å². The van der Waals surface area contributed by atoms with Gasteiger partial charge < -0.3 is 23.7 Å². The molecule has 0 N–H and O–H groups in total. The summed E-state index contributed by atoms with van der Waals surface area (Å²) in [5.74, 6) is 1.01. The highest BCUT2D eigenvalue weighted by Crippen LogP contribution is 2.59. The van der Waals surface area contributed by atoms with Crippen LogP contribution >= 0.6 is 15.9 Å². The van der Waals surface area contributed by atoms with Crippen LogP contribution in [0.4, 0.5) is 0 Å². The Hall–Kier alpha value is -0.760. The van der Waals surface area contributed by atoms with Gasteiger partial charge in [-0.15, -0.1) is 0 Å². The van der Waals surface area contributed by atoms with E-state index in [9.17, 15) is 0 Å². The van der Waals surface area contributed by atoms with Crippen molar-refractivity contribution in [2.75, 3.05) is 27.6 Å². The minimum Gasteiger partial charge on any atom is -0.374 e. The Kier molecular flexibility index (Phi) is 8.07. The van der Waals surface area contributed by atoms with Crippen LogP contribution in [-0.2, 0) is 30.3 Å². The first kappa shape index (κ1) is 25.9.